The fraction of sp³-hybridized carbons (Fsp3) is 0.579. The Bertz CT molecular complexity index is 566. The maximum absolute atomic E-state index is 6.11. The molecule has 1 atom stereocenters. The Morgan fingerprint density at radius 1 is 1.13 bits per heavy atom. The predicted molar refractivity (Wildman–Crippen MR) is 95.1 cm³/mol. The summed E-state index contributed by atoms with van der Waals surface area (Å²) in [5.74, 6) is 2.20. The standard InChI is InChI=1S/C19H28BNO2/c1-15-17(13-20-22-18(2,3)19(4,5)23-20)11-12-21(15)14-16-9-7-6-8-10-16/h6-10,13,15H,11-12,14H2,1-5H3/b17-13+. The molecule has 0 radical (unpaired) electrons. The van der Waals surface area contributed by atoms with Gasteiger partial charge in [-0.2, -0.15) is 0 Å². The van der Waals surface area contributed by atoms with Gasteiger partial charge in [-0.3, -0.25) is 4.90 Å². The summed E-state index contributed by atoms with van der Waals surface area (Å²) in [7, 11) is -0.228. The molecule has 2 heterocycles. The van der Waals surface area contributed by atoms with Gasteiger partial charge in [-0.15, -0.1) is 0 Å². The van der Waals surface area contributed by atoms with Gasteiger partial charge in [-0.25, -0.2) is 0 Å². The molecule has 0 amide bonds. The van der Waals surface area contributed by atoms with Gasteiger partial charge in [0.25, 0.3) is 0 Å². The first-order chi connectivity index (χ1) is 10.8. The average Bonchev–Trinajstić information content (AvgIpc) is 2.90. The second-order valence-electron chi connectivity index (χ2n) is 7.75. The molecule has 2 aliphatic heterocycles. The molecule has 23 heavy (non-hydrogen) atoms. The van der Waals surface area contributed by atoms with Crippen molar-refractivity contribution in [3.63, 3.8) is 0 Å². The first-order valence-corrected chi connectivity index (χ1v) is 8.63. The van der Waals surface area contributed by atoms with Gasteiger partial charge in [0, 0.05) is 19.1 Å². The number of hydrogen-bond donors (Lipinski definition) is 0. The third-order valence-corrected chi connectivity index (χ3v) is 5.62. The van der Waals surface area contributed by atoms with E-state index in [9.17, 15) is 0 Å². The molecule has 4 heteroatoms. The number of rotatable bonds is 3. The van der Waals surface area contributed by atoms with Gasteiger partial charge in [0.05, 0.1) is 11.2 Å². The van der Waals surface area contributed by atoms with Crippen molar-refractivity contribution in [1.29, 1.82) is 0 Å². The minimum absolute atomic E-state index is 0.228. The Morgan fingerprint density at radius 3 is 2.35 bits per heavy atom. The molecule has 1 unspecified atom stereocenters. The molecule has 2 aliphatic rings. The monoisotopic (exact) mass is 313 g/mol. The third-order valence-electron chi connectivity index (χ3n) is 5.62. The largest absolute Gasteiger partial charge is 0.487 e. The number of benzene rings is 1. The summed E-state index contributed by atoms with van der Waals surface area (Å²) in [4.78, 5) is 2.52. The van der Waals surface area contributed by atoms with E-state index in [0.29, 0.717) is 6.04 Å². The van der Waals surface area contributed by atoms with E-state index < -0.39 is 0 Å². The van der Waals surface area contributed by atoms with Crippen LogP contribution >= 0.6 is 0 Å². The van der Waals surface area contributed by atoms with E-state index >= 15 is 0 Å². The van der Waals surface area contributed by atoms with Crippen molar-refractivity contribution in [2.75, 3.05) is 6.54 Å². The highest BCUT2D eigenvalue weighted by Gasteiger charge is 2.50. The van der Waals surface area contributed by atoms with Crippen molar-refractivity contribution in [1.82, 2.24) is 4.90 Å². The highest BCUT2D eigenvalue weighted by atomic mass is 16.7. The summed E-state index contributed by atoms with van der Waals surface area (Å²) < 4.78 is 12.2. The van der Waals surface area contributed by atoms with Crippen LogP contribution in [-0.2, 0) is 15.9 Å². The molecule has 3 rings (SSSR count). The van der Waals surface area contributed by atoms with Crippen LogP contribution in [0.5, 0.6) is 0 Å². The van der Waals surface area contributed by atoms with Crippen LogP contribution in [-0.4, -0.2) is 35.8 Å². The molecule has 0 saturated carbocycles. The van der Waals surface area contributed by atoms with Crippen LogP contribution in [0.4, 0.5) is 0 Å². The van der Waals surface area contributed by atoms with E-state index in [1.54, 1.807) is 0 Å². The second kappa shape index (κ2) is 6.08. The molecule has 1 aromatic carbocycles. The zero-order chi connectivity index (χ0) is 16.7. The zero-order valence-corrected chi connectivity index (χ0v) is 15.0. The maximum atomic E-state index is 6.11. The molecule has 2 fully saturated rings. The minimum atomic E-state index is -0.264. The van der Waals surface area contributed by atoms with E-state index in [4.69, 9.17) is 9.31 Å². The fourth-order valence-corrected chi connectivity index (χ4v) is 3.30. The third kappa shape index (κ3) is 3.40. The van der Waals surface area contributed by atoms with Crippen LogP contribution < -0.4 is 0 Å². The van der Waals surface area contributed by atoms with Crippen molar-refractivity contribution in [3.8, 4) is 0 Å². The smallest absolute Gasteiger partial charge is 0.400 e. The van der Waals surface area contributed by atoms with Gasteiger partial charge >= 0.3 is 7.12 Å². The van der Waals surface area contributed by atoms with E-state index in [1.807, 2.05) is 0 Å². The molecule has 2 saturated heterocycles. The molecular weight excluding hydrogens is 285 g/mol. The van der Waals surface area contributed by atoms with Gasteiger partial charge in [0.1, 0.15) is 0 Å². The highest BCUT2D eigenvalue weighted by Crippen LogP contribution is 2.38. The quantitative estimate of drug-likeness (QED) is 0.792. The SMILES string of the molecule is CC1/C(=C/B2OC(C)(C)C(C)(C)O2)CCN1Cc1ccccc1. The topological polar surface area (TPSA) is 21.7 Å². The first-order valence-electron chi connectivity index (χ1n) is 8.63. The Morgan fingerprint density at radius 2 is 1.74 bits per heavy atom. The van der Waals surface area contributed by atoms with Crippen molar-refractivity contribution in [2.24, 2.45) is 0 Å². The lowest BCUT2D eigenvalue weighted by molar-refractivity contribution is 0.00578. The molecule has 0 spiro atoms. The molecular formula is C19H28BNO2. The fourth-order valence-electron chi connectivity index (χ4n) is 3.30. The average molecular weight is 313 g/mol. The van der Waals surface area contributed by atoms with Gasteiger partial charge in [-0.1, -0.05) is 41.9 Å². The predicted octanol–water partition coefficient (Wildman–Crippen LogP) is 3.84. The Kier molecular flexibility index (Phi) is 4.43. The number of hydrogen-bond acceptors (Lipinski definition) is 3. The molecule has 0 N–H and O–H groups in total. The molecule has 0 bridgehead atoms. The van der Waals surface area contributed by atoms with Crippen LogP contribution in [0.2, 0.25) is 0 Å². The van der Waals surface area contributed by atoms with Crippen LogP contribution in [0.1, 0.15) is 46.6 Å². The van der Waals surface area contributed by atoms with Crippen molar-refractivity contribution in [2.45, 2.75) is 64.8 Å². The highest BCUT2D eigenvalue weighted by molar-refractivity contribution is 6.51. The lowest BCUT2D eigenvalue weighted by Gasteiger charge is -2.32. The summed E-state index contributed by atoms with van der Waals surface area (Å²) in [6, 6.07) is 11.1. The van der Waals surface area contributed by atoms with Crippen LogP contribution in [0.15, 0.2) is 41.9 Å². The van der Waals surface area contributed by atoms with Gasteiger partial charge in [0.2, 0.25) is 0 Å². The van der Waals surface area contributed by atoms with Gasteiger partial charge < -0.3 is 9.31 Å². The molecule has 124 valence electrons. The lowest BCUT2D eigenvalue weighted by atomic mass is 9.85. The van der Waals surface area contributed by atoms with Crippen molar-refractivity contribution >= 4 is 7.12 Å². The summed E-state index contributed by atoms with van der Waals surface area (Å²) in [5, 5.41) is 0. The first kappa shape index (κ1) is 16.8. The van der Waals surface area contributed by atoms with Gasteiger partial charge in [-0.05, 0) is 46.6 Å². The normalized spacial score (nSPS) is 28.7. The Balaban J connectivity index is 1.66. The minimum Gasteiger partial charge on any atom is -0.400 e. The summed E-state index contributed by atoms with van der Waals surface area (Å²) in [6.07, 6.45) is 1.10. The lowest BCUT2D eigenvalue weighted by Crippen LogP contribution is -2.41. The molecule has 0 aliphatic carbocycles. The van der Waals surface area contributed by atoms with E-state index in [0.717, 1.165) is 19.5 Å². The van der Waals surface area contributed by atoms with E-state index in [-0.39, 0.29) is 18.3 Å². The summed E-state index contributed by atoms with van der Waals surface area (Å²) in [6.45, 7) is 12.8. The summed E-state index contributed by atoms with van der Waals surface area (Å²) in [5.41, 5.74) is 2.27. The van der Waals surface area contributed by atoms with E-state index in [1.165, 1.54) is 11.1 Å². The number of likely N-dealkylation sites (tertiary alicyclic amines) is 1. The van der Waals surface area contributed by atoms with Crippen LogP contribution in [0.25, 0.3) is 0 Å². The van der Waals surface area contributed by atoms with Crippen molar-refractivity contribution < 1.29 is 9.31 Å². The summed E-state index contributed by atoms with van der Waals surface area (Å²) >= 11 is 0. The molecule has 0 aromatic heterocycles. The van der Waals surface area contributed by atoms with E-state index in [2.05, 4.69) is 75.8 Å². The Hall–Kier alpha value is -1.10. The van der Waals surface area contributed by atoms with Crippen LogP contribution in [0.3, 0.4) is 0 Å². The van der Waals surface area contributed by atoms with Crippen molar-refractivity contribution in [3.05, 3.63) is 47.4 Å². The Labute approximate surface area is 140 Å². The molecule has 1 aromatic rings. The molecule has 3 nitrogen and oxygen atoms in total. The zero-order valence-electron chi connectivity index (χ0n) is 15.0. The van der Waals surface area contributed by atoms with Gasteiger partial charge in [0.15, 0.2) is 0 Å². The number of nitrogens with zero attached hydrogens (tertiary/aromatic N) is 1. The maximum Gasteiger partial charge on any atom is 0.487 e. The second-order valence-corrected chi connectivity index (χ2v) is 7.75. The van der Waals surface area contributed by atoms with Crippen LogP contribution in [0, 0.1) is 0 Å².